The molecular weight excluding hydrogens is 441 g/mol. The lowest BCUT2D eigenvalue weighted by molar-refractivity contribution is -0.145. The highest BCUT2D eigenvalue weighted by molar-refractivity contribution is 5.91. The van der Waals surface area contributed by atoms with E-state index in [4.69, 9.17) is 19.9 Å². The zero-order chi connectivity index (χ0) is 24.0. The van der Waals surface area contributed by atoms with E-state index in [1.807, 2.05) is 0 Å². The Bertz CT molecular complexity index is 1110. The Kier molecular flexibility index (Phi) is 7.69. The lowest BCUT2D eigenvalue weighted by Gasteiger charge is -2.15. The van der Waals surface area contributed by atoms with Gasteiger partial charge in [-0.1, -0.05) is 0 Å². The minimum atomic E-state index is -4.70. The Hall–Kier alpha value is -3.41. The molecule has 0 fully saturated rings. The lowest BCUT2D eigenvalue weighted by Crippen LogP contribution is -2.15. The maximum absolute atomic E-state index is 13.0. The zero-order valence-electron chi connectivity index (χ0n) is 18.5. The van der Waals surface area contributed by atoms with Gasteiger partial charge in [-0.3, -0.25) is 0 Å². The van der Waals surface area contributed by atoms with Crippen molar-refractivity contribution in [2.45, 2.75) is 32.5 Å². The first-order valence-corrected chi connectivity index (χ1v) is 10.1. The van der Waals surface area contributed by atoms with Crippen LogP contribution in [0.1, 0.15) is 30.2 Å². The van der Waals surface area contributed by atoms with E-state index in [1.165, 1.54) is 13.2 Å². The van der Waals surface area contributed by atoms with E-state index in [1.54, 1.807) is 26.2 Å². The normalized spacial score (nSPS) is 11.6. The van der Waals surface area contributed by atoms with Crippen molar-refractivity contribution in [1.82, 2.24) is 19.9 Å². The zero-order valence-corrected chi connectivity index (χ0v) is 18.5. The van der Waals surface area contributed by atoms with Crippen molar-refractivity contribution in [1.29, 1.82) is 0 Å². The topological polar surface area (TPSA) is 117 Å². The molecule has 12 heteroatoms. The molecule has 0 spiro atoms. The smallest absolute Gasteiger partial charge is 0.451 e. The Balaban J connectivity index is 1.88. The van der Waals surface area contributed by atoms with Crippen LogP contribution in [0, 0.1) is 6.92 Å². The second kappa shape index (κ2) is 10.5. The summed E-state index contributed by atoms with van der Waals surface area (Å²) < 4.78 is 55.4. The molecule has 9 nitrogen and oxygen atoms in total. The SMILES string of the molecule is COCCCCOc1cc2c(NCc3cc(N)nc(C(F)(F)F)n3)nc(C)nc2cc1OC. The maximum Gasteiger partial charge on any atom is 0.451 e. The molecule has 1 aromatic carbocycles. The molecule has 0 saturated carbocycles. The van der Waals surface area contributed by atoms with Crippen molar-refractivity contribution in [3.63, 3.8) is 0 Å². The van der Waals surface area contributed by atoms with Gasteiger partial charge in [0.25, 0.3) is 0 Å². The van der Waals surface area contributed by atoms with Crippen LogP contribution in [0.3, 0.4) is 0 Å². The molecule has 0 radical (unpaired) electrons. The molecule has 3 aromatic rings. The van der Waals surface area contributed by atoms with E-state index >= 15 is 0 Å². The molecule has 0 aliphatic heterocycles. The standard InChI is InChI=1S/C21H25F3N6O3/c1-12-27-15-10-16(32-3)17(33-7-5-4-6-31-2)9-14(15)19(28-12)26-11-13-8-18(25)30-20(29-13)21(22,23)24/h8-10H,4-7,11H2,1-3H3,(H2,25,29,30)(H,26,27,28). The summed E-state index contributed by atoms with van der Waals surface area (Å²) in [4.78, 5) is 15.6. The molecule has 0 unspecified atom stereocenters. The summed E-state index contributed by atoms with van der Waals surface area (Å²) in [6.45, 7) is 2.76. The molecule has 0 amide bonds. The van der Waals surface area contributed by atoms with Gasteiger partial charge in [-0.15, -0.1) is 0 Å². The Morgan fingerprint density at radius 2 is 1.73 bits per heavy atom. The number of aromatic nitrogens is 4. The fourth-order valence-electron chi connectivity index (χ4n) is 3.10. The van der Waals surface area contributed by atoms with Gasteiger partial charge in [0.05, 0.1) is 31.5 Å². The number of anilines is 2. The van der Waals surface area contributed by atoms with Gasteiger partial charge in [0.1, 0.15) is 17.5 Å². The molecule has 2 heterocycles. The summed E-state index contributed by atoms with van der Waals surface area (Å²) in [5.74, 6) is 0.331. The maximum atomic E-state index is 13.0. The average molecular weight is 466 g/mol. The molecule has 0 bridgehead atoms. The molecule has 0 aliphatic carbocycles. The van der Waals surface area contributed by atoms with Gasteiger partial charge in [0.15, 0.2) is 11.5 Å². The predicted molar refractivity (Wildman–Crippen MR) is 116 cm³/mol. The number of rotatable bonds is 10. The number of nitrogens with zero attached hydrogens (tertiary/aromatic N) is 4. The third kappa shape index (κ3) is 6.31. The highest BCUT2D eigenvalue weighted by Crippen LogP contribution is 2.34. The van der Waals surface area contributed by atoms with Crippen molar-refractivity contribution in [3.05, 3.63) is 35.5 Å². The van der Waals surface area contributed by atoms with Gasteiger partial charge < -0.3 is 25.3 Å². The van der Waals surface area contributed by atoms with E-state index in [2.05, 4.69) is 25.3 Å². The Labute approximate surface area is 188 Å². The highest BCUT2D eigenvalue weighted by Gasteiger charge is 2.35. The number of methoxy groups -OCH3 is 2. The number of nitrogen functional groups attached to an aromatic ring is 1. The van der Waals surface area contributed by atoms with E-state index in [-0.39, 0.29) is 18.1 Å². The molecule has 3 rings (SSSR count). The van der Waals surface area contributed by atoms with Crippen LogP contribution in [0.15, 0.2) is 18.2 Å². The summed E-state index contributed by atoms with van der Waals surface area (Å²) in [6, 6.07) is 4.74. The van der Waals surface area contributed by atoms with Crippen LogP contribution >= 0.6 is 0 Å². The fourth-order valence-corrected chi connectivity index (χ4v) is 3.10. The van der Waals surface area contributed by atoms with Gasteiger partial charge >= 0.3 is 6.18 Å². The average Bonchev–Trinajstić information content (AvgIpc) is 2.76. The molecule has 0 aliphatic rings. The number of ether oxygens (including phenoxy) is 3. The van der Waals surface area contributed by atoms with Gasteiger partial charge in [-0.05, 0) is 25.8 Å². The largest absolute Gasteiger partial charge is 0.493 e. The van der Waals surface area contributed by atoms with Crippen molar-refractivity contribution < 1.29 is 27.4 Å². The second-order valence-electron chi connectivity index (χ2n) is 7.15. The predicted octanol–water partition coefficient (Wildman–Crippen LogP) is 3.76. The van der Waals surface area contributed by atoms with Crippen LogP contribution in [-0.2, 0) is 17.5 Å². The van der Waals surface area contributed by atoms with Crippen LogP contribution in [-0.4, -0.2) is 47.4 Å². The van der Waals surface area contributed by atoms with E-state index < -0.39 is 12.0 Å². The number of hydrogen-bond acceptors (Lipinski definition) is 9. The number of unbranched alkanes of at least 4 members (excludes halogenated alkanes) is 1. The number of aryl methyl sites for hydroxylation is 1. The van der Waals surface area contributed by atoms with E-state index in [0.29, 0.717) is 47.3 Å². The monoisotopic (exact) mass is 466 g/mol. The number of alkyl halides is 3. The molecule has 0 atom stereocenters. The molecule has 0 saturated heterocycles. The van der Waals surface area contributed by atoms with Crippen LogP contribution in [0.2, 0.25) is 0 Å². The van der Waals surface area contributed by atoms with E-state index in [9.17, 15) is 13.2 Å². The number of hydrogen-bond donors (Lipinski definition) is 2. The molecule has 3 N–H and O–H groups in total. The van der Waals surface area contributed by atoms with Gasteiger partial charge in [-0.25, -0.2) is 19.9 Å². The lowest BCUT2D eigenvalue weighted by atomic mass is 10.2. The summed E-state index contributed by atoms with van der Waals surface area (Å²) in [5, 5.41) is 3.64. The summed E-state index contributed by atoms with van der Waals surface area (Å²) >= 11 is 0. The third-order valence-corrected chi connectivity index (χ3v) is 4.58. The first-order chi connectivity index (χ1) is 15.7. The van der Waals surface area contributed by atoms with Gasteiger partial charge in [0.2, 0.25) is 5.82 Å². The first-order valence-electron chi connectivity index (χ1n) is 10.1. The molecular formula is C21H25F3N6O3. The highest BCUT2D eigenvalue weighted by atomic mass is 19.4. The van der Waals surface area contributed by atoms with Gasteiger partial charge in [0, 0.05) is 31.2 Å². The first kappa shape index (κ1) is 24.2. The third-order valence-electron chi connectivity index (χ3n) is 4.58. The van der Waals surface area contributed by atoms with Gasteiger partial charge in [-0.2, -0.15) is 13.2 Å². The Morgan fingerprint density at radius 1 is 0.970 bits per heavy atom. The number of fused-ring (bicyclic) bond motifs is 1. The van der Waals surface area contributed by atoms with Crippen LogP contribution in [0.5, 0.6) is 11.5 Å². The number of nitrogens with one attached hydrogen (secondary N) is 1. The van der Waals surface area contributed by atoms with Crippen LogP contribution < -0.4 is 20.5 Å². The summed E-state index contributed by atoms with van der Waals surface area (Å²) in [6.07, 6.45) is -3.06. The minimum Gasteiger partial charge on any atom is -0.493 e. The molecule has 2 aromatic heterocycles. The Morgan fingerprint density at radius 3 is 2.42 bits per heavy atom. The fraction of sp³-hybridized carbons (Fsp3) is 0.429. The van der Waals surface area contributed by atoms with Crippen molar-refractivity contribution in [2.24, 2.45) is 0 Å². The van der Waals surface area contributed by atoms with Crippen molar-refractivity contribution in [3.8, 4) is 11.5 Å². The summed E-state index contributed by atoms with van der Waals surface area (Å²) in [7, 11) is 3.17. The molecule has 33 heavy (non-hydrogen) atoms. The number of nitrogens with two attached hydrogens (primary N) is 1. The number of halogens is 3. The van der Waals surface area contributed by atoms with Crippen LogP contribution in [0.4, 0.5) is 24.8 Å². The van der Waals surface area contributed by atoms with E-state index in [0.717, 1.165) is 12.8 Å². The second-order valence-corrected chi connectivity index (χ2v) is 7.15. The quantitative estimate of drug-likeness (QED) is 0.431. The summed E-state index contributed by atoms with van der Waals surface area (Å²) in [5.41, 5.74) is 6.19. The van der Waals surface area contributed by atoms with Crippen LogP contribution in [0.25, 0.3) is 10.9 Å². The molecule has 178 valence electrons. The van der Waals surface area contributed by atoms with Crippen molar-refractivity contribution in [2.75, 3.05) is 38.5 Å². The number of benzene rings is 1. The van der Waals surface area contributed by atoms with Crippen molar-refractivity contribution >= 4 is 22.5 Å². The minimum absolute atomic E-state index is 0.0550.